The number of hydrogen-bond donors (Lipinski definition) is 3. The van der Waals surface area contributed by atoms with E-state index in [0.717, 1.165) is 16.5 Å². The average molecular weight is 457 g/mol. The summed E-state index contributed by atoms with van der Waals surface area (Å²) in [6, 6.07) is 12.2. The summed E-state index contributed by atoms with van der Waals surface area (Å²) in [5.74, 6) is -1.60. The minimum absolute atomic E-state index is 0.00172. The highest BCUT2D eigenvalue weighted by molar-refractivity contribution is 7.89. The van der Waals surface area contributed by atoms with Crippen molar-refractivity contribution in [2.45, 2.75) is 30.7 Å². The van der Waals surface area contributed by atoms with Gasteiger partial charge in [-0.05, 0) is 35.7 Å². The second-order valence-electron chi connectivity index (χ2n) is 7.18. The quantitative estimate of drug-likeness (QED) is 0.318. The smallest absolute Gasteiger partial charge is 0.322 e. The van der Waals surface area contributed by atoms with Crippen molar-refractivity contribution in [3.8, 4) is 0 Å². The zero-order chi connectivity index (χ0) is 23.1. The molecule has 2 aromatic carbocycles. The minimum atomic E-state index is -4.04. The van der Waals surface area contributed by atoms with Crippen LogP contribution in [0.25, 0.3) is 17.0 Å². The van der Waals surface area contributed by atoms with Crippen LogP contribution in [0.3, 0.4) is 0 Å². The summed E-state index contributed by atoms with van der Waals surface area (Å²) in [5, 5.41) is 10.4. The number of sulfonamides is 1. The fraction of sp³-hybridized carbons (Fsp3) is 0.217. The number of para-hydroxylation sites is 1. The SMILES string of the molecule is CC(=O)OCC/C=C/c1ccc(S(=O)(=O)N[C@H](Cc2c[nH]c3ccccc23)C(=O)O)cc1. The Labute approximate surface area is 186 Å². The van der Waals surface area contributed by atoms with Crippen LogP contribution < -0.4 is 4.72 Å². The summed E-state index contributed by atoms with van der Waals surface area (Å²) in [7, 11) is -4.04. The zero-order valence-electron chi connectivity index (χ0n) is 17.4. The number of rotatable bonds is 10. The number of nitrogens with one attached hydrogen (secondary N) is 2. The highest BCUT2D eigenvalue weighted by atomic mass is 32.2. The molecular weight excluding hydrogens is 432 g/mol. The van der Waals surface area contributed by atoms with Gasteiger partial charge in [-0.15, -0.1) is 0 Å². The van der Waals surface area contributed by atoms with E-state index in [4.69, 9.17) is 4.74 Å². The molecule has 32 heavy (non-hydrogen) atoms. The van der Waals surface area contributed by atoms with Crippen LogP contribution in [-0.4, -0.2) is 43.1 Å². The van der Waals surface area contributed by atoms with Crippen molar-refractivity contribution < 1.29 is 27.9 Å². The van der Waals surface area contributed by atoms with Crippen LogP contribution in [0, 0.1) is 0 Å². The lowest BCUT2D eigenvalue weighted by Gasteiger charge is -2.15. The third-order valence-corrected chi connectivity index (χ3v) is 6.27. The number of carboxylic acid groups (broad SMARTS) is 1. The second kappa shape index (κ2) is 10.3. The van der Waals surface area contributed by atoms with Gasteiger partial charge in [0.15, 0.2) is 0 Å². The highest BCUT2D eigenvalue weighted by Gasteiger charge is 2.26. The number of aliphatic carboxylic acids is 1. The number of carbonyl (C=O) groups is 2. The Hall–Kier alpha value is -3.43. The Morgan fingerprint density at radius 2 is 1.88 bits per heavy atom. The third kappa shape index (κ3) is 6.05. The number of aromatic amines is 1. The summed E-state index contributed by atoms with van der Waals surface area (Å²) >= 11 is 0. The molecule has 3 rings (SSSR count). The summed E-state index contributed by atoms with van der Waals surface area (Å²) in [5.41, 5.74) is 2.33. The lowest BCUT2D eigenvalue weighted by molar-refractivity contribution is -0.141. The van der Waals surface area contributed by atoms with Crippen LogP contribution in [0.5, 0.6) is 0 Å². The topological polar surface area (TPSA) is 126 Å². The normalized spacial score (nSPS) is 12.8. The molecule has 0 saturated heterocycles. The number of fused-ring (bicyclic) bond motifs is 1. The van der Waals surface area contributed by atoms with Gasteiger partial charge in [0, 0.05) is 30.4 Å². The van der Waals surface area contributed by atoms with Crippen LogP contribution in [0.15, 0.2) is 65.7 Å². The van der Waals surface area contributed by atoms with Crippen molar-refractivity contribution >= 4 is 38.9 Å². The maximum absolute atomic E-state index is 12.8. The molecule has 1 atom stereocenters. The van der Waals surface area contributed by atoms with Gasteiger partial charge in [0.2, 0.25) is 10.0 Å². The number of hydrogen-bond acceptors (Lipinski definition) is 5. The maximum Gasteiger partial charge on any atom is 0.322 e. The molecule has 3 aromatic rings. The molecule has 0 fully saturated rings. The van der Waals surface area contributed by atoms with Crippen molar-refractivity contribution in [2.24, 2.45) is 0 Å². The number of aromatic nitrogens is 1. The lowest BCUT2D eigenvalue weighted by atomic mass is 10.1. The summed E-state index contributed by atoms with van der Waals surface area (Å²) < 4.78 is 32.7. The first-order valence-corrected chi connectivity index (χ1v) is 11.4. The molecular formula is C23H24N2O6S. The minimum Gasteiger partial charge on any atom is -0.480 e. The predicted molar refractivity (Wildman–Crippen MR) is 120 cm³/mol. The molecule has 168 valence electrons. The third-order valence-electron chi connectivity index (χ3n) is 4.79. The van der Waals surface area contributed by atoms with E-state index in [-0.39, 0.29) is 23.9 Å². The van der Waals surface area contributed by atoms with Gasteiger partial charge >= 0.3 is 11.9 Å². The number of ether oxygens (including phenoxy) is 1. The molecule has 0 aliphatic heterocycles. The average Bonchev–Trinajstić information content (AvgIpc) is 3.16. The number of carboxylic acids is 1. The molecule has 0 aliphatic rings. The van der Waals surface area contributed by atoms with Crippen molar-refractivity contribution in [1.29, 1.82) is 0 Å². The monoisotopic (exact) mass is 456 g/mol. The Bertz CT molecular complexity index is 1230. The molecule has 1 heterocycles. The van der Waals surface area contributed by atoms with Gasteiger partial charge in [0.1, 0.15) is 6.04 Å². The molecule has 0 unspecified atom stereocenters. The highest BCUT2D eigenvalue weighted by Crippen LogP contribution is 2.20. The Morgan fingerprint density at radius 3 is 2.56 bits per heavy atom. The van der Waals surface area contributed by atoms with Gasteiger partial charge in [-0.2, -0.15) is 4.72 Å². The van der Waals surface area contributed by atoms with Gasteiger partial charge in [-0.25, -0.2) is 8.42 Å². The Kier molecular flexibility index (Phi) is 7.45. The molecule has 8 nitrogen and oxygen atoms in total. The number of esters is 1. The van der Waals surface area contributed by atoms with Crippen LogP contribution in [0.1, 0.15) is 24.5 Å². The Morgan fingerprint density at radius 1 is 1.16 bits per heavy atom. The second-order valence-corrected chi connectivity index (χ2v) is 8.89. The molecule has 0 spiro atoms. The molecule has 0 radical (unpaired) electrons. The molecule has 0 bridgehead atoms. The van der Waals surface area contributed by atoms with Gasteiger partial charge in [-0.1, -0.05) is 42.5 Å². The van der Waals surface area contributed by atoms with E-state index >= 15 is 0 Å². The molecule has 3 N–H and O–H groups in total. The van der Waals surface area contributed by atoms with Gasteiger partial charge in [-0.3, -0.25) is 9.59 Å². The van der Waals surface area contributed by atoms with Gasteiger partial charge in [0.25, 0.3) is 0 Å². The lowest BCUT2D eigenvalue weighted by Crippen LogP contribution is -2.42. The first-order valence-electron chi connectivity index (χ1n) is 9.96. The molecule has 0 aliphatic carbocycles. The van der Waals surface area contributed by atoms with E-state index in [2.05, 4.69) is 9.71 Å². The fourth-order valence-corrected chi connectivity index (χ4v) is 4.39. The van der Waals surface area contributed by atoms with Crippen LogP contribution in [-0.2, 0) is 30.8 Å². The van der Waals surface area contributed by atoms with Crippen molar-refractivity contribution in [3.05, 3.63) is 71.9 Å². The van der Waals surface area contributed by atoms with Gasteiger partial charge < -0.3 is 14.8 Å². The zero-order valence-corrected chi connectivity index (χ0v) is 18.3. The first-order chi connectivity index (χ1) is 15.3. The molecule has 9 heteroatoms. The van der Waals surface area contributed by atoms with Crippen LogP contribution >= 0.6 is 0 Å². The standard InChI is InChI=1S/C23H24N2O6S/c1-16(26)31-13-5-4-6-17-9-11-19(12-10-17)32(29,30)25-22(23(27)28)14-18-15-24-21-8-3-2-7-20(18)21/h2-4,6-12,15,22,24-25H,5,13-14H2,1H3,(H,27,28)/b6-4+/t22-/m1/s1. The fourth-order valence-electron chi connectivity index (χ4n) is 3.20. The van der Waals surface area contributed by atoms with Crippen molar-refractivity contribution in [2.75, 3.05) is 6.61 Å². The van der Waals surface area contributed by atoms with E-state index in [9.17, 15) is 23.1 Å². The molecule has 0 amide bonds. The van der Waals surface area contributed by atoms with E-state index < -0.39 is 22.0 Å². The van der Waals surface area contributed by atoms with Crippen LogP contribution in [0.2, 0.25) is 0 Å². The van der Waals surface area contributed by atoms with Gasteiger partial charge in [0.05, 0.1) is 11.5 Å². The van der Waals surface area contributed by atoms with E-state index in [1.165, 1.54) is 19.1 Å². The van der Waals surface area contributed by atoms with E-state index in [1.54, 1.807) is 24.4 Å². The summed E-state index contributed by atoms with van der Waals surface area (Å²) in [6.45, 7) is 1.61. The number of H-pyrrole nitrogens is 1. The number of benzene rings is 2. The van der Waals surface area contributed by atoms with E-state index in [1.807, 2.05) is 30.3 Å². The first kappa shape index (κ1) is 23.2. The summed E-state index contributed by atoms with van der Waals surface area (Å²) in [4.78, 5) is 25.5. The van der Waals surface area contributed by atoms with Crippen molar-refractivity contribution in [1.82, 2.24) is 9.71 Å². The largest absolute Gasteiger partial charge is 0.480 e. The number of carbonyl (C=O) groups excluding carboxylic acids is 1. The van der Waals surface area contributed by atoms with Crippen LogP contribution in [0.4, 0.5) is 0 Å². The molecule has 0 saturated carbocycles. The summed E-state index contributed by atoms with van der Waals surface area (Å²) in [6.07, 6.45) is 5.82. The Balaban J connectivity index is 1.68. The molecule has 1 aromatic heterocycles. The predicted octanol–water partition coefficient (Wildman–Crippen LogP) is 3.11. The van der Waals surface area contributed by atoms with Crippen molar-refractivity contribution in [3.63, 3.8) is 0 Å². The van der Waals surface area contributed by atoms with E-state index in [0.29, 0.717) is 12.0 Å². The maximum atomic E-state index is 12.8.